The van der Waals surface area contributed by atoms with E-state index < -0.39 is 0 Å². The van der Waals surface area contributed by atoms with Crippen LogP contribution in [0.25, 0.3) is 27.6 Å². The molecule has 3 aromatic heterocycles. The van der Waals surface area contributed by atoms with Crippen LogP contribution in [0.5, 0.6) is 0 Å². The normalized spacial score (nSPS) is 11.1. The number of anilines is 2. The Hall–Kier alpha value is -4.26. The predicted octanol–water partition coefficient (Wildman–Crippen LogP) is 3.74. The molecule has 3 heterocycles. The molecule has 0 aliphatic heterocycles. The fourth-order valence-electron chi connectivity index (χ4n) is 3.59. The van der Waals surface area contributed by atoms with Crippen LogP contribution in [0.15, 0.2) is 79.1 Å². The zero-order chi connectivity index (χ0) is 20.5. The zero-order valence-corrected chi connectivity index (χ0v) is 16.0. The number of hydrogen-bond donors (Lipinski definition) is 2. The third-order valence-corrected chi connectivity index (χ3v) is 4.93. The van der Waals surface area contributed by atoms with Gasteiger partial charge >= 0.3 is 0 Å². The van der Waals surface area contributed by atoms with Crippen LogP contribution in [0.3, 0.4) is 0 Å². The number of nitrogens with zero attached hydrogens (tertiary/aromatic N) is 4. The summed E-state index contributed by atoms with van der Waals surface area (Å²) in [6.07, 6.45) is 3.85. The van der Waals surface area contributed by atoms with Crippen molar-refractivity contribution in [1.82, 2.24) is 19.7 Å². The summed E-state index contributed by atoms with van der Waals surface area (Å²) in [6, 6.07) is 21.5. The molecule has 7 heteroatoms. The van der Waals surface area contributed by atoms with Crippen molar-refractivity contribution in [3.8, 4) is 5.82 Å². The zero-order valence-electron chi connectivity index (χ0n) is 16.0. The second-order valence-corrected chi connectivity index (χ2v) is 7.00. The Kier molecular flexibility index (Phi) is 4.33. The van der Waals surface area contributed by atoms with Gasteiger partial charge in [-0.3, -0.25) is 14.3 Å². The number of hydrogen-bond acceptors (Lipinski definition) is 5. The van der Waals surface area contributed by atoms with Gasteiger partial charge in [0.25, 0.3) is 0 Å². The van der Waals surface area contributed by atoms with Crippen LogP contribution >= 0.6 is 0 Å². The largest absolute Gasteiger partial charge is 0.369 e. The average molecular weight is 394 g/mol. The predicted molar refractivity (Wildman–Crippen MR) is 117 cm³/mol. The van der Waals surface area contributed by atoms with E-state index in [1.165, 1.54) is 0 Å². The number of benzene rings is 2. The lowest BCUT2D eigenvalue weighted by Gasteiger charge is -2.08. The van der Waals surface area contributed by atoms with Crippen LogP contribution < -0.4 is 11.1 Å². The second kappa shape index (κ2) is 7.29. The van der Waals surface area contributed by atoms with Crippen LogP contribution in [0.4, 0.5) is 11.5 Å². The molecule has 0 unspecified atom stereocenters. The van der Waals surface area contributed by atoms with Crippen molar-refractivity contribution in [2.24, 2.45) is 5.73 Å². The van der Waals surface area contributed by atoms with Gasteiger partial charge in [-0.15, -0.1) is 10.2 Å². The Morgan fingerprint density at radius 1 is 1.00 bits per heavy atom. The highest BCUT2D eigenvalue weighted by molar-refractivity contribution is 5.90. The van der Waals surface area contributed by atoms with Gasteiger partial charge in [0.05, 0.1) is 17.5 Å². The lowest BCUT2D eigenvalue weighted by Crippen LogP contribution is -2.13. The maximum atomic E-state index is 11.4. The van der Waals surface area contributed by atoms with E-state index in [0.29, 0.717) is 11.6 Å². The number of para-hydroxylation sites is 1. The average Bonchev–Trinajstić information content (AvgIpc) is 3.12. The second-order valence-electron chi connectivity index (χ2n) is 7.00. The van der Waals surface area contributed by atoms with Gasteiger partial charge in [0.15, 0.2) is 11.6 Å². The summed E-state index contributed by atoms with van der Waals surface area (Å²) in [4.78, 5) is 15.8. The number of carbonyl (C=O) groups excluding carboxylic acids is 1. The molecular formula is C23H18N6O. The highest BCUT2D eigenvalue weighted by atomic mass is 16.1. The van der Waals surface area contributed by atoms with Gasteiger partial charge in [-0.25, -0.2) is 0 Å². The number of pyridine rings is 1. The van der Waals surface area contributed by atoms with E-state index >= 15 is 0 Å². The molecule has 5 rings (SSSR count). The summed E-state index contributed by atoms with van der Waals surface area (Å²) >= 11 is 0. The van der Waals surface area contributed by atoms with Gasteiger partial charge in [0, 0.05) is 28.9 Å². The molecule has 5 aromatic rings. The smallest absolute Gasteiger partial charge is 0.221 e. The number of primary amides is 1. The molecule has 0 aliphatic carbocycles. The molecule has 2 aromatic carbocycles. The SMILES string of the molecule is NC(=O)Cc1cn(-c2ccc(Nc3ccc4ncccc4c3)nn2)c2ccccc12. The molecule has 0 radical (unpaired) electrons. The summed E-state index contributed by atoms with van der Waals surface area (Å²) in [6.45, 7) is 0. The first kappa shape index (κ1) is 17.8. The summed E-state index contributed by atoms with van der Waals surface area (Å²) < 4.78 is 1.92. The van der Waals surface area contributed by atoms with E-state index in [-0.39, 0.29) is 12.3 Å². The van der Waals surface area contributed by atoms with Crippen LogP contribution in [-0.2, 0) is 11.2 Å². The van der Waals surface area contributed by atoms with Gasteiger partial charge in [-0.1, -0.05) is 24.3 Å². The van der Waals surface area contributed by atoms with Crippen LogP contribution in [0, 0.1) is 0 Å². The number of aromatic nitrogens is 4. The van der Waals surface area contributed by atoms with E-state index in [9.17, 15) is 4.79 Å². The number of rotatable bonds is 5. The molecule has 7 nitrogen and oxygen atoms in total. The number of nitrogens with one attached hydrogen (secondary N) is 1. The van der Waals surface area contributed by atoms with Crippen molar-refractivity contribution in [2.75, 3.05) is 5.32 Å². The number of carbonyl (C=O) groups is 1. The monoisotopic (exact) mass is 394 g/mol. The molecular weight excluding hydrogens is 376 g/mol. The molecule has 0 bridgehead atoms. The molecule has 0 atom stereocenters. The minimum absolute atomic E-state index is 0.178. The molecule has 0 fully saturated rings. The number of fused-ring (bicyclic) bond motifs is 2. The summed E-state index contributed by atoms with van der Waals surface area (Å²) in [5.41, 5.74) is 9.07. The third-order valence-electron chi connectivity index (χ3n) is 4.93. The highest BCUT2D eigenvalue weighted by Gasteiger charge is 2.12. The Morgan fingerprint density at radius 3 is 2.73 bits per heavy atom. The van der Waals surface area contributed by atoms with Crippen molar-refractivity contribution in [2.45, 2.75) is 6.42 Å². The van der Waals surface area contributed by atoms with Crippen LogP contribution in [0.1, 0.15) is 5.56 Å². The third kappa shape index (κ3) is 3.33. The molecule has 30 heavy (non-hydrogen) atoms. The maximum Gasteiger partial charge on any atom is 0.221 e. The fourth-order valence-corrected chi connectivity index (χ4v) is 3.59. The fraction of sp³-hybridized carbons (Fsp3) is 0.0435. The van der Waals surface area contributed by atoms with Gasteiger partial charge < -0.3 is 11.1 Å². The van der Waals surface area contributed by atoms with Crippen molar-refractivity contribution < 1.29 is 4.79 Å². The summed E-state index contributed by atoms with van der Waals surface area (Å²) in [7, 11) is 0. The summed E-state index contributed by atoms with van der Waals surface area (Å²) in [5, 5.41) is 14.0. The molecule has 146 valence electrons. The van der Waals surface area contributed by atoms with E-state index in [1.807, 2.05) is 77.5 Å². The van der Waals surface area contributed by atoms with Crippen molar-refractivity contribution >= 4 is 39.2 Å². The van der Waals surface area contributed by atoms with Crippen LogP contribution in [0.2, 0.25) is 0 Å². The number of amides is 1. The molecule has 3 N–H and O–H groups in total. The first-order valence-corrected chi connectivity index (χ1v) is 9.50. The minimum Gasteiger partial charge on any atom is -0.369 e. The highest BCUT2D eigenvalue weighted by Crippen LogP contribution is 2.25. The lowest BCUT2D eigenvalue weighted by atomic mass is 10.1. The molecule has 0 spiro atoms. The van der Waals surface area contributed by atoms with Gasteiger partial charge in [0.2, 0.25) is 5.91 Å². The van der Waals surface area contributed by atoms with Gasteiger partial charge in [0.1, 0.15) is 0 Å². The van der Waals surface area contributed by atoms with Crippen LogP contribution in [-0.4, -0.2) is 25.7 Å². The van der Waals surface area contributed by atoms with Gasteiger partial charge in [-0.05, 0) is 48.0 Å². The van der Waals surface area contributed by atoms with E-state index in [2.05, 4.69) is 20.5 Å². The lowest BCUT2D eigenvalue weighted by molar-refractivity contribution is -0.117. The van der Waals surface area contributed by atoms with Crippen molar-refractivity contribution in [1.29, 1.82) is 0 Å². The first-order valence-electron chi connectivity index (χ1n) is 9.50. The van der Waals surface area contributed by atoms with Crippen molar-refractivity contribution in [3.05, 3.63) is 84.7 Å². The standard InChI is InChI=1S/C23H18N6O/c24-21(30)13-16-14-29(20-6-2-1-5-18(16)20)23-10-9-22(27-28-23)26-17-7-8-19-15(12-17)4-3-11-25-19/h1-12,14H,13H2,(H2,24,30)(H,26,27). The maximum absolute atomic E-state index is 11.4. The van der Waals surface area contributed by atoms with E-state index in [1.54, 1.807) is 6.20 Å². The minimum atomic E-state index is -0.367. The topological polar surface area (TPSA) is 98.7 Å². The molecule has 0 saturated carbocycles. The van der Waals surface area contributed by atoms with E-state index in [0.717, 1.165) is 33.1 Å². The Labute approximate surface area is 172 Å². The molecule has 0 aliphatic rings. The van der Waals surface area contributed by atoms with Gasteiger partial charge in [-0.2, -0.15) is 0 Å². The quantitative estimate of drug-likeness (QED) is 0.473. The summed E-state index contributed by atoms with van der Waals surface area (Å²) in [5.74, 6) is 0.931. The Morgan fingerprint density at radius 2 is 1.90 bits per heavy atom. The Balaban J connectivity index is 1.45. The molecule has 1 amide bonds. The molecule has 0 saturated heterocycles. The first-order chi connectivity index (χ1) is 14.7. The van der Waals surface area contributed by atoms with E-state index in [4.69, 9.17) is 5.73 Å². The Bertz CT molecular complexity index is 1370. The number of nitrogens with two attached hydrogens (primary N) is 1. The van der Waals surface area contributed by atoms with Crippen molar-refractivity contribution in [3.63, 3.8) is 0 Å².